The molecular weight excluding hydrogens is 1010 g/mol. The summed E-state index contributed by atoms with van der Waals surface area (Å²) in [6.45, 7) is 6.24. The average Bonchev–Trinajstić information content (AvgIpc) is 3.99. The molecule has 1 aromatic carbocycles. The highest BCUT2D eigenvalue weighted by Crippen LogP contribution is 2.25. The number of rotatable bonds is 23. The van der Waals surface area contributed by atoms with Gasteiger partial charge in [0.2, 0.25) is 41.4 Å². The molecule has 0 spiro atoms. The number of fused-ring (bicyclic) bond motifs is 2. The molecule has 0 radical (unpaired) electrons. The predicted molar refractivity (Wildman–Crippen MR) is 278 cm³/mol. The molecule has 0 saturated carbocycles. The van der Waals surface area contributed by atoms with Gasteiger partial charge in [0.1, 0.15) is 54.2 Å². The molecule has 3 saturated heterocycles. The van der Waals surface area contributed by atoms with Crippen LogP contribution in [0.2, 0.25) is 0 Å². The molecule has 77 heavy (non-hydrogen) atoms. The molecule has 3 fully saturated rings. The van der Waals surface area contributed by atoms with Crippen LogP contribution >= 0.6 is 0 Å². The van der Waals surface area contributed by atoms with E-state index in [1.165, 1.54) is 6.42 Å². The Balaban J connectivity index is 1.73. The van der Waals surface area contributed by atoms with Crippen molar-refractivity contribution in [1.29, 1.82) is 0 Å². The van der Waals surface area contributed by atoms with Gasteiger partial charge in [-0.3, -0.25) is 38.4 Å². The van der Waals surface area contributed by atoms with Gasteiger partial charge in [-0.15, -0.1) is 0 Å². The fourth-order valence-electron chi connectivity index (χ4n) is 10.0. The van der Waals surface area contributed by atoms with Gasteiger partial charge in [0, 0.05) is 44.5 Å². The second-order valence-corrected chi connectivity index (χ2v) is 21.0. The maximum absolute atomic E-state index is 14.5. The lowest BCUT2D eigenvalue weighted by Crippen LogP contribution is -2.65. The molecule has 25 nitrogen and oxygen atoms in total. The minimum atomic E-state index is -2.48. The zero-order valence-corrected chi connectivity index (χ0v) is 44.8. The summed E-state index contributed by atoms with van der Waals surface area (Å²) in [6.07, 6.45) is -5.92. The number of ether oxygens (including phenoxy) is 1. The molecule has 3 aliphatic heterocycles. The minimum absolute atomic E-state index is 0.0468. The molecule has 15 atom stereocenters. The van der Waals surface area contributed by atoms with E-state index >= 15 is 0 Å². The monoisotopic (exact) mass is 1090 g/mol. The van der Waals surface area contributed by atoms with E-state index in [-0.39, 0.29) is 56.8 Å². The standard InChI is InChI=1S/C52H85N9O16/c1-5-28(2)24-29(3)12-10-8-6-7-9-11-13-39(68)55-34-26-38(67)50(77-23-21-54)59-49(74)43-37(66)19-22-60(43)52(76)41(36(65)18-20-53)57-48(73)42(45(70)44(69)31-14-16-32(63)17-15-31)58-47(72)35-25-33(64)27-61(35)51(75)40(30(4)62)56-46(34)71/h14-17,28-30,33-38,40-43,45,50,62-67,70H,5-13,18-27,53-54H2,1-4H3,(H,55,68)(H,56,71)(H,57,73)(H,58,72)(H,59,74)/t28?,29?,30-,33-,34+,35+,36-,37+,38-,40?,41+,42?,43+,45+,50+/m1/s1. The number of nitrogens with one attached hydrogen (secondary N) is 5. The Labute approximate surface area is 449 Å². The van der Waals surface area contributed by atoms with Crippen molar-refractivity contribution >= 4 is 47.1 Å². The lowest BCUT2D eigenvalue weighted by molar-refractivity contribution is -0.149. The van der Waals surface area contributed by atoms with Crippen molar-refractivity contribution < 1.29 is 78.8 Å². The predicted octanol–water partition coefficient (Wildman–Crippen LogP) is -2.74. The smallest absolute Gasteiger partial charge is 0.248 e. The summed E-state index contributed by atoms with van der Waals surface area (Å²) in [5.74, 6) is -8.00. The maximum atomic E-state index is 14.5. The molecule has 1 aromatic rings. The van der Waals surface area contributed by atoms with Gasteiger partial charge in [0.15, 0.2) is 12.0 Å². The van der Waals surface area contributed by atoms with Crippen molar-refractivity contribution in [2.45, 2.75) is 197 Å². The summed E-state index contributed by atoms with van der Waals surface area (Å²) in [6, 6.07) is -7.06. The van der Waals surface area contributed by atoms with Crippen LogP contribution in [-0.4, -0.2) is 205 Å². The Morgan fingerprint density at radius 2 is 1.35 bits per heavy atom. The van der Waals surface area contributed by atoms with Crippen LogP contribution in [0, 0.1) is 11.8 Å². The third-order valence-corrected chi connectivity index (χ3v) is 14.6. The van der Waals surface area contributed by atoms with E-state index in [4.69, 9.17) is 16.2 Å². The van der Waals surface area contributed by atoms with E-state index in [1.54, 1.807) is 0 Å². The number of carbonyl (C=O) groups is 8. The second kappa shape index (κ2) is 31.3. The van der Waals surface area contributed by atoms with E-state index in [1.807, 2.05) is 0 Å². The highest BCUT2D eigenvalue weighted by molar-refractivity contribution is 6.05. The molecule has 3 aliphatic rings. The molecule has 0 bridgehead atoms. The van der Waals surface area contributed by atoms with Crippen molar-refractivity contribution in [1.82, 2.24) is 36.4 Å². The maximum Gasteiger partial charge on any atom is 0.248 e. The largest absolute Gasteiger partial charge is 0.508 e. The Kier molecular flexibility index (Phi) is 26.1. The first-order chi connectivity index (χ1) is 36.5. The number of ketones is 1. The zero-order valence-electron chi connectivity index (χ0n) is 44.8. The van der Waals surface area contributed by atoms with Gasteiger partial charge in [-0.25, -0.2) is 0 Å². The third-order valence-electron chi connectivity index (χ3n) is 14.6. The summed E-state index contributed by atoms with van der Waals surface area (Å²) in [5, 5.41) is 89.6. The van der Waals surface area contributed by atoms with Gasteiger partial charge in [0.25, 0.3) is 0 Å². The van der Waals surface area contributed by atoms with E-state index in [0.717, 1.165) is 79.5 Å². The molecule has 25 heteroatoms. The molecule has 7 amide bonds. The Morgan fingerprint density at radius 1 is 0.727 bits per heavy atom. The molecule has 4 rings (SSSR count). The van der Waals surface area contributed by atoms with Crippen molar-refractivity contribution in [3.8, 4) is 5.75 Å². The number of nitrogens with zero attached hydrogens (tertiary/aromatic N) is 2. The van der Waals surface area contributed by atoms with Gasteiger partial charge in [-0.05, 0) is 75.3 Å². The van der Waals surface area contributed by atoms with Crippen LogP contribution in [0.25, 0.3) is 0 Å². The van der Waals surface area contributed by atoms with Crippen LogP contribution in [0.1, 0.15) is 128 Å². The highest BCUT2D eigenvalue weighted by atomic mass is 16.5. The molecule has 16 N–H and O–H groups in total. The van der Waals surface area contributed by atoms with Gasteiger partial charge in [-0.2, -0.15) is 0 Å². The van der Waals surface area contributed by atoms with Crippen molar-refractivity contribution in [2.24, 2.45) is 23.3 Å². The van der Waals surface area contributed by atoms with Crippen molar-refractivity contribution in [3.05, 3.63) is 29.8 Å². The number of phenols is 1. The number of amides is 7. The zero-order chi connectivity index (χ0) is 57.1. The summed E-state index contributed by atoms with van der Waals surface area (Å²) < 4.78 is 5.72. The van der Waals surface area contributed by atoms with E-state index < -0.39 is 146 Å². The Bertz CT molecular complexity index is 2120. The normalized spacial score (nSPS) is 28.2. The lowest BCUT2D eigenvalue weighted by Gasteiger charge is -2.34. The summed E-state index contributed by atoms with van der Waals surface area (Å²) in [5.41, 5.74) is 11.2. The quantitative estimate of drug-likeness (QED) is 0.0391. The number of hydrogen-bond donors (Lipinski definition) is 14. The number of Topliss-reactive ketones (excluding diaryl/α,β-unsaturated/α-hetero) is 1. The van der Waals surface area contributed by atoms with Gasteiger partial charge in [-0.1, -0.05) is 65.7 Å². The second-order valence-electron chi connectivity index (χ2n) is 21.0. The van der Waals surface area contributed by atoms with Crippen LogP contribution in [0.5, 0.6) is 5.75 Å². The first-order valence-corrected chi connectivity index (χ1v) is 27.1. The summed E-state index contributed by atoms with van der Waals surface area (Å²) in [7, 11) is 0. The number of aliphatic hydroxyl groups excluding tert-OH is 6. The topological polar surface area (TPSA) is 406 Å². The lowest BCUT2D eigenvalue weighted by atomic mass is 9.91. The van der Waals surface area contributed by atoms with E-state index in [2.05, 4.69) is 47.4 Å². The fraction of sp³-hybridized carbons (Fsp3) is 0.731. The fourth-order valence-corrected chi connectivity index (χ4v) is 10.0. The molecular formula is C52H85N9O16. The van der Waals surface area contributed by atoms with Gasteiger partial charge in [0.05, 0.1) is 31.0 Å². The number of nitrogens with two attached hydrogens (primary N) is 2. The molecule has 0 aliphatic carbocycles. The number of carbonyl (C=O) groups excluding carboxylic acids is 8. The first-order valence-electron chi connectivity index (χ1n) is 27.1. The SMILES string of the molecule is CCC(C)CC(C)CCCCCCCCC(=O)N[C@H]1C[C@@H](O)[C@H](OCCN)NC(=O)[C@@H]2[C@@H](O)CCN2C(=O)[C@H]([C@H](O)CCN)NC(=O)C([C@H](O)C(=O)c2ccc(O)cc2)NC(=O)[C@@H]2C[C@@H](O)CN2C(=O)C([C@@H](C)O)NC1=O. The van der Waals surface area contributed by atoms with Crippen LogP contribution in [-0.2, 0) is 38.3 Å². The molecule has 0 aromatic heterocycles. The summed E-state index contributed by atoms with van der Waals surface area (Å²) in [4.78, 5) is 115. The van der Waals surface area contributed by atoms with Crippen LogP contribution in [0.3, 0.4) is 0 Å². The van der Waals surface area contributed by atoms with E-state index in [9.17, 15) is 74.1 Å². The highest BCUT2D eigenvalue weighted by Gasteiger charge is 2.49. The summed E-state index contributed by atoms with van der Waals surface area (Å²) >= 11 is 0. The first kappa shape index (κ1) is 64.1. The average molecular weight is 1090 g/mol. The van der Waals surface area contributed by atoms with Gasteiger partial charge < -0.3 is 88.3 Å². The number of unbranched alkanes of at least 4 members (excludes halogenated alkanes) is 5. The van der Waals surface area contributed by atoms with Crippen LogP contribution in [0.15, 0.2) is 24.3 Å². The van der Waals surface area contributed by atoms with Crippen molar-refractivity contribution in [3.63, 3.8) is 0 Å². The number of hydrogen-bond acceptors (Lipinski definition) is 18. The molecule has 4 unspecified atom stereocenters. The number of benzene rings is 1. The van der Waals surface area contributed by atoms with Crippen LogP contribution in [0.4, 0.5) is 0 Å². The minimum Gasteiger partial charge on any atom is -0.508 e. The number of aromatic hydroxyl groups is 1. The Hall–Kier alpha value is -5.38. The number of phenolic OH excluding ortho intramolecular Hbond substituents is 1. The third kappa shape index (κ3) is 18.6. The molecule has 434 valence electrons. The number of aliphatic hydroxyl groups is 6. The van der Waals surface area contributed by atoms with Crippen molar-refractivity contribution in [2.75, 3.05) is 32.8 Å². The van der Waals surface area contributed by atoms with Crippen LogP contribution < -0.4 is 38.1 Å². The Morgan fingerprint density at radius 3 is 1.99 bits per heavy atom. The van der Waals surface area contributed by atoms with E-state index in [0.29, 0.717) is 24.7 Å². The van der Waals surface area contributed by atoms with Gasteiger partial charge >= 0.3 is 0 Å². The molecule has 3 heterocycles.